The Labute approximate surface area is 263 Å². The van der Waals surface area contributed by atoms with Crippen molar-refractivity contribution in [3.05, 3.63) is 101 Å². The van der Waals surface area contributed by atoms with Gasteiger partial charge in [0.1, 0.15) is 17.1 Å². The first-order valence-corrected chi connectivity index (χ1v) is 15.2. The number of amides is 3. The van der Waals surface area contributed by atoms with E-state index in [1.807, 2.05) is 48.6 Å². The summed E-state index contributed by atoms with van der Waals surface area (Å²) in [5.41, 5.74) is 4.29. The molecule has 1 aliphatic rings. The van der Waals surface area contributed by atoms with E-state index in [1.54, 1.807) is 67.0 Å². The molecule has 10 heteroatoms. The van der Waals surface area contributed by atoms with Crippen LogP contribution in [0.3, 0.4) is 0 Å². The fraction of sp³-hybridized carbons (Fsp3) is 0.286. The van der Waals surface area contributed by atoms with Crippen molar-refractivity contribution in [2.45, 2.75) is 19.3 Å². The molecule has 4 aromatic rings. The van der Waals surface area contributed by atoms with E-state index < -0.39 is 0 Å². The van der Waals surface area contributed by atoms with Crippen LogP contribution in [0.4, 0.5) is 11.4 Å². The Hall–Kier alpha value is -5.09. The first kappa shape index (κ1) is 31.3. The Kier molecular flexibility index (Phi) is 10.2. The van der Waals surface area contributed by atoms with Gasteiger partial charge in [-0.25, -0.2) is 0 Å². The maximum Gasteiger partial charge on any atom is 0.272 e. The van der Waals surface area contributed by atoms with Gasteiger partial charge in [0.25, 0.3) is 17.7 Å². The van der Waals surface area contributed by atoms with E-state index in [1.165, 1.54) is 19.3 Å². The van der Waals surface area contributed by atoms with E-state index in [9.17, 15) is 14.4 Å². The Morgan fingerprint density at radius 2 is 1.38 bits per heavy atom. The highest BCUT2D eigenvalue weighted by Gasteiger charge is 2.18. The van der Waals surface area contributed by atoms with Crippen LogP contribution in [0.1, 0.15) is 61.7 Å². The van der Waals surface area contributed by atoms with Gasteiger partial charge in [0.05, 0.1) is 18.5 Å². The third kappa shape index (κ3) is 8.30. The summed E-state index contributed by atoms with van der Waals surface area (Å²) in [6.07, 6.45) is 11.0. The lowest BCUT2D eigenvalue weighted by molar-refractivity contribution is 0.0937. The van der Waals surface area contributed by atoms with Gasteiger partial charge >= 0.3 is 0 Å². The lowest BCUT2D eigenvalue weighted by atomic mass is 10.1. The topological polar surface area (TPSA) is 110 Å². The van der Waals surface area contributed by atoms with Crippen LogP contribution in [-0.4, -0.2) is 65.0 Å². The first-order valence-electron chi connectivity index (χ1n) is 15.2. The lowest BCUT2D eigenvalue weighted by Gasteiger charge is -2.26. The number of aryl methyl sites for hydroxylation is 2. The van der Waals surface area contributed by atoms with Gasteiger partial charge in [-0.3, -0.25) is 14.4 Å². The van der Waals surface area contributed by atoms with Gasteiger partial charge in [-0.1, -0.05) is 42.8 Å². The predicted octanol–water partition coefficient (Wildman–Crippen LogP) is 5.26. The van der Waals surface area contributed by atoms with E-state index in [4.69, 9.17) is 4.74 Å². The summed E-state index contributed by atoms with van der Waals surface area (Å²) in [6, 6.07) is 18.3. The molecular weight excluding hydrogens is 568 g/mol. The Morgan fingerprint density at radius 1 is 0.756 bits per heavy atom. The van der Waals surface area contributed by atoms with Gasteiger partial charge in [0.15, 0.2) is 0 Å². The Morgan fingerprint density at radius 3 is 2.04 bits per heavy atom. The fourth-order valence-corrected chi connectivity index (χ4v) is 5.40. The number of ether oxygens (including phenoxy) is 1. The number of hydrogen-bond donors (Lipinski definition) is 3. The number of aromatic nitrogens is 2. The summed E-state index contributed by atoms with van der Waals surface area (Å²) >= 11 is 0. The quantitative estimate of drug-likeness (QED) is 0.201. The molecule has 1 saturated heterocycles. The largest absolute Gasteiger partial charge is 0.497 e. The molecule has 0 spiro atoms. The van der Waals surface area contributed by atoms with E-state index in [0.717, 1.165) is 36.5 Å². The summed E-state index contributed by atoms with van der Waals surface area (Å²) in [5.74, 6) is -0.0272. The smallest absolute Gasteiger partial charge is 0.272 e. The monoisotopic (exact) mass is 608 g/mol. The first-order chi connectivity index (χ1) is 21.8. The molecule has 0 atom stereocenters. The second-order valence-electron chi connectivity index (χ2n) is 11.2. The van der Waals surface area contributed by atoms with E-state index in [0.29, 0.717) is 34.9 Å². The van der Waals surface area contributed by atoms with E-state index in [-0.39, 0.29) is 17.7 Å². The second-order valence-corrected chi connectivity index (χ2v) is 11.2. The average Bonchev–Trinajstić information content (AvgIpc) is 3.61. The second kappa shape index (κ2) is 14.6. The SMILES string of the molecule is COc1cccc(/C=C/c2ccc(C(=O)Nc3cc(C(=O)Nc4cc(C(=O)NCCN5CCCCC5)n(C)c4)n(C)c3)cc2)c1. The third-order valence-electron chi connectivity index (χ3n) is 7.89. The molecular formula is C35H40N6O4. The molecule has 0 aliphatic carbocycles. The molecule has 0 unspecified atom stereocenters. The third-order valence-corrected chi connectivity index (χ3v) is 7.89. The highest BCUT2D eigenvalue weighted by Crippen LogP contribution is 2.19. The van der Waals surface area contributed by atoms with Crippen LogP contribution in [0, 0.1) is 0 Å². The number of nitrogens with one attached hydrogen (secondary N) is 3. The van der Waals surface area contributed by atoms with Crippen LogP contribution in [0.5, 0.6) is 5.75 Å². The van der Waals surface area contributed by atoms with Crippen LogP contribution >= 0.6 is 0 Å². The number of likely N-dealkylation sites (tertiary alicyclic amines) is 1. The summed E-state index contributed by atoms with van der Waals surface area (Å²) in [7, 11) is 5.15. The zero-order chi connectivity index (χ0) is 31.8. The molecule has 10 nitrogen and oxygen atoms in total. The standard InChI is InChI=1S/C35H40N6O4/c1-39-24-29(21-31(39)34(43)36-16-19-41-17-5-4-6-18-41)38-35(44)32-22-28(23-40(32)2)37-33(42)27-14-12-25(13-15-27)10-11-26-8-7-9-30(20-26)45-3/h7-15,20-24H,4-6,16-19H2,1-3H3,(H,36,43)(H,37,42)(H,38,44)/b11-10+. The average molecular weight is 609 g/mol. The molecule has 2 aromatic carbocycles. The summed E-state index contributed by atoms with van der Waals surface area (Å²) in [6.45, 7) is 3.57. The van der Waals surface area contributed by atoms with E-state index >= 15 is 0 Å². The normalized spacial score (nSPS) is 13.5. The van der Waals surface area contributed by atoms with Crippen molar-refractivity contribution in [3.8, 4) is 5.75 Å². The number of anilines is 2. The number of carbonyl (C=O) groups is 3. The molecule has 45 heavy (non-hydrogen) atoms. The molecule has 0 saturated carbocycles. The molecule has 3 amide bonds. The minimum atomic E-state index is -0.354. The number of hydrogen-bond acceptors (Lipinski definition) is 5. The molecule has 3 heterocycles. The van der Waals surface area contributed by atoms with Gasteiger partial charge in [0, 0.05) is 45.1 Å². The van der Waals surface area contributed by atoms with Crippen molar-refractivity contribution < 1.29 is 19.1 Å². The number of piperidine rings is 1. The molecule has 1 fully saturated rings. The molecule has 0 radical (unpaired) electrons. The Bertz CT molecular complexity index is 1680. The number of methoxy groups -OCH3 is 1. The van der Waals surface area contributed by atoms with Gasteiger partial charge in [-0.05, 0) is 73.5 Å². The van der Waals surface area contributed by atoms with Gasteiger partial charge in [-0.2, -0.15) is 0 Å². The summed E-state index contributed by atoms with van der Waals surface area (Å²) in [4.78, 5) is 41.2. The number of benzene rings is 2. The van der Waals surface area contributed by atoms with Crippen molar-refractivity contribution in [1.82, 2.24) is 19.4 Å². The number of carbonyl (C=O) groups excluding carboxylic acids is 3. The highest BCUT2D eigenvalue weighted by atomic mass is 16.5. The zero-order valence-corrected chi connectivity index (χ0v) is 26.0. The van der Waals surface area contributed by atoms with Gasteiger partial charge in [-0.15, -0.1) is 0 Å². The molecule has 3 N–H and O–H groups in total. The minimum Gasteiger partial charge on any atom is -0.497 e. The van der Waals surface area contributed by atoms with Crippen LogP contribution in [0.25, 0.3) is 12.2 Å². The molecule has 0 bridgehead atoms. The highest BCUT2D eigenvalue weighted by molar-refractivity contribution is 6.07. The van der Waals surface area contributed by atoms with Crippen LogP contribution < -0.4 is 20.7 Å². The molecule has 5 rings (SSSR count). The van der Waals surface area contributed by atoms with Gasteiger partial charge in [0.2, 0.25) is 0 Å². The number of rotatable bonds is 11. The van der Waals surface area contributed by atoms with Crippen molar-refractivity contribution in [3.63, 3.8) is 0 Å². The van der Waals surface area contributed by atoms with Crippen molar-refractivity contribution in [1.29, 1.82) is 0 Å². The van der Waals surface area contributed by atoms with Gasteiger partial charge < -0.3 is 34.7 Å². The summed E-state index contributed by atoms with van der Waals surface area (Å²) in [5, 5.41) is 8.71. The maximum absolute atomic E-state index is 13.1. The van der Waals surface area contributed by atoms with Crippen molar-refractivity contribution >= 4 is 41.2 Å². The van der Waals surface area contributed by atoms with Crippen molar-refractivity contribution in [2.75, 3.05) is 43.9 Å². The minimum absolute atomic E-state index is 0.181. The number of nitrogens with zero attached hydrogens (tertiary/aromatic N) is 3. The van der Waals surface area contributed by atoms with Crippen LogP contribution in [0.2, 0.25) is 0 Å². The summed E-state index contributed by atoms with van der Waals surface area (Å²) < 4.78 is 8.61. The Balaban J connectivity index is 1.14. The molecule has 234 valence electrons. The molecule has 2 aromatic heterocycles. The van der Waals surface area contributed by atoms with Crippen molar-refractivity contribution in [2.24, 2.45) is 14.1 Å². The zero-order valence-electron chi connectivity index (χ0n) is 26.0. The maximum atomic E-state index is 13.1. The predicted molar refractivity (Wildman–Crippen MR) is 178 cm³/mol. The lowest BCUT2D eigenvalue weighted by Crippen LogP contribution is -2.38. The van der Waals surface area contributed by atoms with Crippen LogP contribution in [-0.2, 0) is 14.1 Å². The van der Waals surface area contributed by atoms with Crippen LogP contribution in [0.15, 0.2) is 73.1 Å². The fourth-order valence-electron chi connectivity index (χ4n) is 5.40. The molecule has 1 aliphatic heterocycles. The van der Waals surface area contributed by atoms with E-state index in [2.05, 4.69) is 20.9 Å².